The molecule has 4 nitrogen and oxygen atoms in total. The molecule has 1 heterocycles. The zero-order chi connectivity index (χ0) is 12.4. The molecule has 1 amide bonds. The van der Waals surface area contributed by atoms with Gasteiger partial charge in [-0.15, -0.1) is 0 Å². The highest BCUT2D eigenvalue weighted by atomic mass is 35.5. The van der Waals surface area contributed by atoms with Crippen molar-refractivity contribution in [2.24, 2.45) is 0 Å². The largest absolute Gasteiger partial charge is 0.508 e. The maximum Gasteiger partial charge on any atom is 0.255 e. The summed E-state index contributed by atoms with van der Waals surface area (Å²) in [6, 6.07) is 4.60. The number of benzene rings is 1. The van der Waals surface area contributed by atoms with Gasteiger partial charge in [0.1, 0.15) is 5.75 Å². The number of aromatic hydroxyl groups is 1. The fourth-order valence-electron chi connectivity index (χ4n) is 2.00. The van der Waals surface area contributed by atoms with Crippen LogP contribution < -0.4 is 5.32 Å². The lowest BCUT2D eigenvalue weighted by Gasteiger charge is -2.24. The van der Waals surface area contributed by atoms with E-state index in [1.165, 1.54) is 18.2 Å². The second kappa shape index (κ2) is 4.94. The summed E-state index contributed by atoms with van der Waals surface area (Å²) in [6.07, 6.45) is 0.943. The number of hydrogen-bond acceptors (Lipinski definition) is 3. The van der Waals surface area contributed by atoms with Crippen molar-refractivity contribution in [2.75, 3.05) is 20.1 Å². The summed E-state index contributed by atoms with van der Waals surface area (Å²) < 4.78 is 0. The van der Waals surface area contributed by atoms with E-state index in [1.807, 2.05) is 0 Å². The number of phenols is 1. The van der Waals surface area contributed by atoms with Gasteiger partial charge in [-0.25, -0.2) is 0 Å². The number of carbonyl (C=O) groups is 1. The molecule has 1 atom stereocenters. The molecule has 1 aliphatic heterocycles. The van der Waals surface area contributed by atoms with E-state index in [9.17, 15) is 9.90 Å². The van der Waals surface area contributed by atoms with E-state index >= 15 is 0 Å². The van der Waals surface area contributed by atoms with Crippen LogP contribution in [0.4, 0.5) is 0 Å². The number of hydrogen-bond donors (Lipinski definition) is 2. The smallest absolute Gasteiger partial charge is 0.255 e. The third-order valence-electron chi connectivity index (χ3n) is 3.08. The molecule has 1 fully saturated rings. The van der Waals surface area contributed by atoms with E-state index in [2.05, 4.69) is 5.32 Å². The zero-order valence-corrected chi connectivity index (χ0v) is 10.4. The van der Waals surface area contributed by atoms with Gasteiger partial charge in [-0.2, -0.15) is 0 Å². The Morgan fingerprint density at radius 2 is 2.35 bits per heavy atom. The molecule has 1 unspecified atom stereocenters. The molecular formula is C12H15ClN2O2. The molecule has 5 heteroatoms. The number of phenolic OH excluding ortho intramolecular Hbond substituents is 1. The second-order valence-electron chi connectivity index (χ2n) is 4.23. The first-order valence-electron chi connectivity index (χ1n) is 5.56. The number of carbonyl (C=O) groups excluding carboxylic acids is 1. The van der Waals surface area contributed by atoms with Gasteiger partial charge in [0.15, 0.2) is 0 Å². The predicted molar refractivity (Wildman–Crippen MR) is 66.5 cm³/mol. The van der Waals surface area contributed by atoms with E-state index in [1.54, 1.807) is 11.9 Å². The molecule has 17 heavy (non-hydrogen) atoms. The van der Waals surface area contributed by atoms with Gasteiger partial charge in [0.25, 0.3) is 5.91 Å². The maximum absolute atomic E-state index is 12.2. The number of halogens is 1. The van der Waals surface area contributed by atoms with Crippen LogP contribution >= 0.6 is 11.6 Å². The third-order valence-corrected chi connectivity index (χ3v) is 3.41. The summed E-state index contributed by atoms with van der Waals surface area (Å²) in [7, 11) is 1.76. The average molecular weight is 255 g/mol. The third kappa shape index (κ3) is 2.53. The highest BCUT2D eigenvalue weighted by Crippen LogP contribution is 2.23. The van der Waals surface area contributed by atoms with Gasteiger partial charge in [-0.1, -0.05) is 11.6 Å². The van der Waals surface area contributed by atoms with Crippen LogP contribution in [0.25, 0.3) is 0 Å². The van der Waals surface area contributed by atoms with Crippen LogP contribution in [0, 0.1) is 0 Å². The highest BCUT2D eigenvalue weighted by Gasteiger charge is 2.25. The normalized spacial score (nSPS) is 19.3. The van der Waals surface area contributed by atoms with Crippen molar-refractivity contribution in [3.63, 3.8) is 0 Å². The standard InChI is InChI=1S/C12H15ClN2O2/c1-15(8-4-5-14-7-8)12(17)10-6-9(16)2-3-11(10)13/h2-3,6,8,14,16H,4-5,7H2,1H3. The number of amides is 1. The van der Waals surface area contributed by atoms with Gasteiger partial charge >= 0.3 is 0 Å². The minimum Gasteiger partial charge on any atom is -0.508 e. The Kier molecular flexibility index (Phi) is 3.54. The highest BCUT2D eigenvalue weighted by molar-refractivity contribution is 6.33. The minimum absolute atomic E-state index is 0.0516. The zero-order valence-electron chi connectivity index (χ0n) is 9.61. The van der Waals surface area contributed by atoms with Crippen LogP contribution in [0.15, 0.2) is 18.2 Å². The van der Waals surface area contributed by atoms with E-state index in [-0.39, 0.29) is 17.7 Å². The van der Waals surface area contributed by atoms with Gasteiger partial charge < -0.3 is 15.3 Å². The van der Waals surface area contributed by atoms with E-state index in [4.69, 9.17) is 11.6 Å². The van der Waals surface area contributed by atoms with Crippen molar-refractivity contribution in [1.29, 1.82) is 0 Å². The Balaban J connectivity index is 2.20. The van der Waals surface area contributed by atoms with Gasteiger partial charge in [0, 0.05) is 19.6 Å². The number of likely N-dealkylation sites (N-methyl/N-ethyl adjacent to an activating group) is 1. The summed E-state index contributed by atoms with van der Waals surface area (Å²) in [4.78, 5) is 13.9. The summed E-state index contributed by atoms with van der Waals surface area (Å²) in [5.41, 5.74) is 0.348. The maximum atomic E-state index is 12.2. The lowest BCUT2D eigenvalue weighted by atomic mass is 10.1. The molecule has 1 aromatic rings. The molecule has 0 aromatic heterocycles. The van der Waals surface area contributed by atoms with Crippen molar-refractivity contribution in [3.05, 3.63) is 28.8 Å². The molecule has 0 spiro atoms. The fourth-order valence-corrected chi connectivity index (χ4v) is 2.20. The molecule has 92 valence electrons. The Labute approximate surface area is 105 Å². The van der Waals surface area contributed by atoms with Gasteiger partial charge in [-0.05, 0) is 31.2 Å². The molecule has 1 aliphatic rings. The average Bonchev–Trinajstić information content (AvgIpc) is 2.84. The molecule has 2 rings (SSSR count). The van der Waals surface area contributed by atoms with Gasteiger partial charge in [-0.3, -0.25) is 4.79 Å². The SMILES string of the molecule is CN(C(=O)c1cc(O)ccc1Cl)C1CCNC1. The Morgan fingerprint density at radius 3 is 3.00 bits per heavy atom. The first-order valence-corrected chi connectivity index (χ1v) is 5.94. The molecule has 1 aromatic carbocycles. The molecule has 0 radical (unpaired) electrons. The fraction of sp³-hybridized carbons (Fsp3) is 0.417. The Bertz CT molecular complexity index is 431. The topological polar surface area (TPSA) is 52.6 Å². The van der Waals surface area contributed by atoms with Crippen LogP contribution in [-0.2, 0) is 0 Å². The van der Waals surface area contributed by atoms with Crippen LogP contribution in [0.1, 0.15) is 16.8 Å². The summed E-state index contributed by atoms with van der Waals surface area (Å²) in [6.45, 7) is 1.73. The van der Waals surface area contributed by atoms with Crippen LogP contribution in [0.2, 0.25) is 5.02 Å². The first kappa shape index (κ1) is 12.2. The van der Waals surface area contributed by atoms with Crippen molar-refractivity contribution in [2.45, 2.75) is 12.5 Å². The Hall–Kier alpha value is -1.26. The number of nitrogens with zero attached hydrogens (tertiary/aromatic N) is 1. The lowest BCUT2D eigenvalue weighted by molar-refractivity contribution is 0.0743. The summed E-state index contributed by atoms with van der Waals surface area (Å²) in [5.74, 6) is -0.102. The van der Waals surface area contributed by atoms with Crippen molar-refractivity contribution >= 4 is 17.5 Å². The summed E-state index contributed by atoms with van der Waals surface area (Å²) >= 11 is 5.97. The lowest BCUT2D eigenvalue weighted by Crippen LogP contribution is -2.38. The monoisotopic (exact) mass is 254 g/mol. The van der Waals surface area contributed by atoms with Crippen LogP contribution in [0.3, 0.4) is 0 Å². The Morgan fingerprint density at radius 1 is 1.59 bits per heavy atom. The number of nitrogens with one attached hydrogen (secondary N) is 1. The molecule has 0 saturated carbocycles. The van der Waals surface area contributed by atoms with Crippen molar-refractivity contribution in [3.8, 4) is 5.75 Å². The van der Waals surface area contributed by atoms with E-state index < -0.39 is 0 Å². The molecule has 2 N–H and O–H groups in total. The predicted octanol–water partition coefficient (Wildman–Crippen LogP) is 1.48. The van der Waals surface area contributed by atoms with E-state index in [0.717, 1.165) is 19.5 Å². The van der Waals surface area contributed by atoms with Gasteiger partial charge in [0.05, 0.1) is 10.6 Å². The van der Waals surface area contributed by atoms with Gasteiger partial charge in [0.2, 0.25) is 0 Å². The molecule has 1 saturated heterocycles. The van der Waals surface area contributed by atoms with E-state index in [0.29, 0.717) is 10.6 Å². The van der Waals surface area contributed by atoms with Crippen LogP contribution in [-0.4, -0.2) is 42.1 Å². The number of rotatable bonds is 2. The quantitative estimate of drug-likeness (QED) is 0.841. The minimum atomic E-state index is -0.153. The van der Waals surface area contributed by atoms with Crippen molar-refractivity contribution in [1.82, 2.24) is 10.2 Å². The molecule has 0 bridgehead atoms. The van der Waals surface area contributed by atoms with Crippen molar-refractivity contribution < 1.29 is 9.90 Å². The molecular weight excluding hydrogens is 240 g/mol. The van der Waals surface area contributed by atoms with Crippen LogP contribution in [0.5, 0.6) is 5.75 Å². The molecule has 0 aliphatic carbocycles. The second-order valence-corrected chi connectivity index (χ2v) is 4.63. The summed E-state index contributed by atoms with van der Waals surface area (Å²) in [5, 5.41) is 13.0. The first-order chi connectivity index (χ1) is 8.09.